The lowest BCUT2D eigenvalue weighted by molar-refractivity contribution is 0.0697. The van der Waals surface area contributed by atoms with Gasteiger partial charge in [-0.2, -0.15) is 0 Å². The van der Waals surface area contributed by atoms with Gasteiger partial charge in [0.05, 0.1) is 11.3 Å². The summed E-state index contributed by atoms with van der Waals surface area (Å²) in [6.45, 7) is 6.47. The highest BCUT2D eigenvalue weighted by atomic mass is 16.4. The summed E-state index contributed by atoms with van der Waals surface area (Å²) in [7, 11) is 0. The molecule has 0 bridgehead atoms. The Morgan fingerprint density at radius 2 is 1.96 bits per heavy atom. The minimum absolute atomic E-state index is 0.232. The molecule has 0 aliphatic rings. The van der Waals surface area contributed by atoms with E-state index in [1.165, 1.54) is 4.40 Å². The lowest BCUT2D eigenvalue weighted by Crippen LogP contribution is -2.19. The standard InChI is InChI=1S/C17H19N5O3/c1-17(2,3)12-9-22-14(20-21-16(22)25)13(19-12)18-8-10-4-6-11(7-5-10)15(23)24/h4-7,9H,8H2,1-3H3,(H,18,19)(H,21,25)(H,23,24). The zero-order chi connectivity index (χ0) is 18.2. The van der Waals surface area contributed by atoms with Gasteiger partial charge in [-0.1, -0.05) is 32.9 Å². The molecule has 0 unspecified atom stereocenters. The molecule has 0 saturated carbocycles. The van der Waals surface area contributed by atoms with E-state index in [9.17, 15) is 9.59 Å². The number of nitrogens with zero attached hydrogens (tertiary/aromatic N) is 3. The molecule has 8 nitrogen and oxygen atoms in total. The minimum Gasteiger partial charge on any atom is -0.478 e. The average molecular weight is 341 g/mol. The van der Waals surface area contributed by atoms with E-state index >= 15 is 0 Å². The zero-order valence-corrected chi connectivity index (χ0v) is 14.2. The van der Waals surface area contributed by atoms with E-state index in [-0.39, 0.29) is 16.7 Å². The molecule has 3 N–H and O–H groups in total. The van der Waals surface area contributed by atoms with Crippen LogP contribution in [0.4, 0.5) is 5.82 Å². The van der Waals surface area contributed by atoms with Crippen molar-refractivity contribution in [1.29, 1.82) is 0 Å². The molecule has 0 radical (unpaired) electrons. The van der Waals surface area contributed by atoms with E-state index in [2.05, 4.69) is 20.5 Å². The van der Waals surface area contributed by atoms with Crippen LogP contribution < -0.4 is 11.0 Å². The molecule has 0 aliphatic carbocycles. The van der Waals surface area contributed by atoms with Gasteiger partial charge in [0.25, 0.3) is 0 Å². The lowest BCUT2D eigenvalue weighted by Gasteiger charge is -2.19. The van der Waals surface area contributed by atoms with Crippen molar-refractivity contribution in [2.24, 2.45) is 0 Å². The van der Waals surface area contributed by atoms with Gasteiger partial charge in [-0.05, 0) is 17.7 Å². The van der Waals surface area contributed by atoms with Crippen LogP contribution in [0.15, 0.2) is 35.3 Å². The number of aromatic nitrogens is 4. The van der Waals surface area contributed by atoms with Gasteiger partial charge < -0.3 is 10.4 Å². The fourth-order valence-corrected chi connectivity index (χ4v) is 2.34. The topological polar surface area (TPSA) is 112 Å². The van der Waals surface area contributed by atoms with Gasteiger partial charge in [0, 0.05) is 18.2 Å². The van der Waals surface area contributed by atoms with E-state index < -0.39 is 5.97 Å². The lowest BCUT2D eigenvalue weighted by atomic mass is 9.93. The second-order valence-electron chi connectivity index (χ2n) is 6.80. The van der Waals surface area contributed by atoms with Gasteiger partial charge >= 0.3 is 11.7 Å². The largest absolute Gasteiger partial charge is 0.478 e. The number of carboxylic acid groups (broad SMARTS) is 1. The molecule has 2 heterocycles. The number of carbonyl (C=O) groups is 1. The normalized spacial score (nSPS) is 11.6. The number of rotatable bonds is 4. The van der Waals surface area contributed by atoms with Crippen LogP contribution in [-0.2, 0) is 12.0 Å². The summed E-state index contributed by atoms with van der Waals surface area (Å²) in [5.74, 6) is -0.468. The van der Waals surface area contributed by atoms with E-state index in [1.54, 1.807) is 30.5 Å². The van der Waals surface area contributed by atoms with Crippen LogP contribution in [-0.4, -0.2) is 30.7 Å². The van der Waals surface area contributed by atoms with Crippen molar-refractivity contribution in [3.63, 3.8) is 0 Å². The Balaban J connectivity index is 1.92. The molecule has 0 aliphatic heterocycles. The molecule has 8 heteroatoms. The van der Waals surface area contributed by atoms with Gasteiger partial charge in [-0.25, -0.2) is 24.1 Å². The second kappa shape index (κ2) is 6.04. The molecular weight excluding hydrogens is 322 g/mol. The Bertz CT molecular complexity index is 980. The van der Waals surface area contributed by atoms with Crippen LogP contribution in [0.2, 0.25) is 0 Å². The maximum atomic E-state index is 11.9. The second-order valence-corrected chi connectivity index (χ2v) is 6.80. The molecule has 1 aromatic carbocycles. The van der Waals surface area contributed by atoms with Crippen molar-refractivity contribution in [1.82, 2.24) is 19.6 Å². The number of carboxylic acids is 1. The van der Waals surface area contributed by atoms with Crippen molar-refractivity contribution in [3.05, 3.63) is 57.8 Å². The first kappa shape index (κ1) is 16.7. The van der Waals surface area contributed by atoms with Crippen LogP contribution in [0, 0.1) is 0 Å². The summed E-state index contributed by atoms with van der Waals surface area (Å²) in [4.78, 5) is 27.4. The molecule has 3 aromatic rings. The minimum atomic E-state index is -0.961. The zero-order valence-electron chi connectivity index (χ0n) is 14.2. The van der Waals surface area contributed by atoms with Crippen molar-refractivity contribution < 1.29 is 9.90 Å². The summed E-state index contributed by atoms with van der Waals surface area (Å²) in [6, 6.07) is 6.57. The monoisotopic (exact) mass is 341 g/mol. The van der Waals surface area contributed by atoms with E-state index in [1.807, 2.05) is 20.8 Å². The molecule has 0 fully saturated rings. The molecule has 25 heavy (non-hydrogen) atoms. The number of fused-ring (bicyclic) bond motifs is 1. The first-order valence-electron chi connectivity index (χ1n) is 7.80. The number of benzene rings is 1. The van der Waals surface area contributed by atoms with E-state index in [4.69, 9.17) is 5.11 Å². The quantitative estimate of drug-likeness (QED) is 0.669. The molecule has 0 saturated heterocycles. The molecule has 0 amide bonds. The highest BCUT2D eigenvalue weighted by Crippen LogP contribution is 2.23. The smallest absolute Gasteiger partial charge is 0.347 e. The molecule has 130 valence electrons. The summed E-state index contributed by atoms with van der Waals surface area (Å²) < 4.78 is 1.43. The third kappa shape index (κ3) is 3.37. The van der Waals surface area contributed by atoms with Gasteiger partial charge in [-0.15, -0.1) is 5.10 Å². The first-order chi connectivity index (χ1) is 11.8. The fourth-order valence-electron chi connectivity index (χ4n) is 2.34. The van der Waals surface area contributed by atoms with Crippen molar-refractivity contribution in [2.75, 3.05) is 5.32 Å². The number of H-pyrrole nitrogens is 1. The van der Waals surface area contributed by atoms with Gasteiger partial charge in [0.15, 0.2) is 5.82 Å². The Labute approximate surface area is 143 Å². The third-order valence-electron chi connectivity index (χ3n) is 3.83. The molecule has 2 aromatic heterocycles. The molecule has 3 rings (SSSR count). The van der Waals surface area contributed by atoms with E-state index in [0.717, 1.165) is 11.3 Å². The average Bonchev–Trinajstić information content (AvgIpc) is 2.93. The van der Waals surface area contributed by atoms with Crippen LogP contribution in [0.25, 0.3) is 5.65 Å². The van der Waals surface area contributed by atoms with Crippen LogP contribution in [0.3, 0.4) is 0 Å². The SMILES string of the molecule is CC(C)(C)c1cn2c(=O)[nH]nc2c(NCc2ccc(C(=O)O)cc2)n1. The molecular formula is C17H19N5O3. The van der Waals surface area contributed by atoms with E-state index in [0.29, 0.717) is 18.0 Å². The first-order valence-corrected chi connectivity index (χ1v) is 7.80. The molecule has 0 atom stereocenters. The van der Waals surface area contributed by atoms with Crippen molar-refractivity contribution in [2.45, 2.75) is 32.7 Å². The maximum absolute atomic E-state index is 11.9. The predicted molar refractivity (Wildman–Crippen MR) is 93.0 cm³/mol. The molecule has 0 spiro atoms. The third-order valence-corrected chi connectivity index (χ3v) is 3.83. The summed E-state index contributed by atoms with van der Waals surface area (Å²) in [5.41, 5.74) is 1.75. The summed E-state index contributed by atoms with van der Waals surface area (Å²) in [6.07, 6.45) is 1.69. The van der Waals surface area contributed by atoms with Gasteiger partial charge in [0.2, 0.25) is 5.65 Å². The number of aromatic amines is 1. The van der Waals surface area contributed by atoms with Crippen molar-refractivity contribution >= 4 is 17.4 Å². The number of nitrogens with one attached hydrogen (secondary N) is 2. The highest BCUT2D eigenvalue weighted by molar-refractivity contribution is 5.87. The summed E-state index contributed by atoms with van der Waals surface area (Å²) >= 11 is 0. The summed E-state index contributed by atoms with van der Waals surface area (Å²) in [5, 5.41) is 18.6. The van der Waals surface area contributed by atoms with Crippen LogP contribution in [0.1, 0.15) is 42.4 Å². The highest BCUT2D eigenvalue weighted by Gasteiger charge is 2.20. The Kier molecular flexibility index (Phi) is 4.03. The number of hydrogen-bond donors (Lipinski definition) is 3. The van der Waals surface area contributed by atoms with Crippen LogP contribution >= 0.6 is 0 Å². The predicted octanol–water partition coefficient (Wildman–Crippen LogP) is 2.03. The fraction of sp³-hybridized carbons (Fsp3) is 0.294. The van der Waals surface area contributed by atoms with Gasteiger partial charge in [0.1, 0.15) is 0 Å². The van der Waals surface area contributed by atoms with Crippen molar-refractivity contribution in [3.8, 4) is 0 Å². The Morgan fingerprint density at radius 1 is 1.28 bits per heavy atom. The number of hydrogen-bond acceptors (Lipinski definition) is 5. The van der Waals surface area contributed by atoms with Crippen LogP contribution in [0.5, 0.6) is 0 Å². The maximum Gasteiger partial charge on any atom is 0.347 e. The number of anilines is 1. The number of aromatic carboxylic acids is 1. The Morgan fingerprint density at radius 3 is 2.56 bits per heavy atom. The van der Waals surface area contributed by atoms with Gasteiger partial charge in [-0.3, -0.25) is 0 Å². The Hall–Kier alpha value is -3.16.